The number of fused-ring (bicyclic) bond motifs is 7. The van der Waals surface area contributed by atoms with Gasteiger partial charge in [-0.05, 0) is 141 Å². The van der Waals surface area contributed by atoms with Crippen LogP contribution in [0.4, 0.5) is 0 Å². The van der Waals surface area contributed by atoms with Crippen molar-refractivity contribution in [2.24, 2.45) is 0 Å². The van der Waals surface area contributed by atoms with E-state index in [4.69, 9.17) is 15.0 Å². The summed E-state index contributed by atoms with van der Waals surface area (Å²) in [4.78, 5) is 20.3. The van der Waals surface area contributed by atoms with E-state index in [9.17, 15) is 0 Å². The second kappa shape index (κ2) is 14.3. The maximum Gasteiger partial charge on any atom is 0.164 e. The second-order valence-corrected chi connectivity index (χ2v) is 17.4. The maximum atomic E-state index is 5.37. The first-order valence-corrected chi connectivity index (χ1v) is 22.4. The Morgan fingerprint density at radius 3 is 1.27 bits per heavy atom. The third-order valence-corrected chi connectivity index (χ3v) is 13.7. The summed E-state index contributed by atoms with van der Waals surface area (Å²) in [6.07, 6.45) is 3.69. The molecule has 304 valence electrons. The van der Waals surface area contributed by atoms with E-state index in [1.807, 2.05) is 12.3 Å². The predicted octanol–water partition coefficient (Wildman–Crippen LogP) is 16.0. The monoisotopic (exact) mass is 836 g/mol. The van der Waals surface area contributed by atoms with Gasteiger partial charge in [0, 0.05) is 29.1 Å². The van der Waals surface area contributed by atoms with Gasteiger partial charge in [0.1, 0.15) is 0 Å². The van der Waals surface area contributed by atoms with Crippen molar-refractivity contribution in [3.05, 3.63) is 219 Å². The van der Waals surface area contributed by atoms with E-state index in [1.54, 1.807) is 6.20 Å². The van der Waals surface area contributed by atoms with Crippen molar-refractivity contribution in [3.63, 3.8) is 0 Å². The van der Waals surface area contributed by atoms with Gasteiger partial charge in [-0.3, -0.25) is 4.98 Å². The molecule has 0 unspecified atom stereocenters. The van der Waals surface area contributed by atoms with Gasteiger partial charge in [-0.15, -0.1) is 0 Å². The summed E-state index contributed by atoms with van der Waals surface area (Å²) in [7, 11) is 0. The molecule has 0 saturated carbocycles. The van der Waals surface area contributed by atoms with Crippen molar-refractivity contribution in [1.29, 1.82) is 0 Å². The fraction of sp³-hybridized carbons (Fsp3) is 0. The molecule has 14 rings (SSSR count). The van der Waals surface area contributed by atoms with Gasteiger partial charge in [0.05, 0.1) is 0 Å². The quantitative estimate of drug-likeness (QED) is 0.167. The summed E-state index contributed by atoms with van der Waals surface area (Å²) in [5.41, 5.74) is 19.7. The topological polar surface area (TPSA) is 51.6 Å². The molecule has 2 aliphatic carbocycles. The minimum absolute atomic E-state index is 0.610. The number of nitrogens with zero attached hydrogens (tertiary/aromatic N) is 4. The fourth-order valence-electron chi connectivity index (χ4n) is 10.6. The number of hydrogen-bond acceptors (Lipinski definition) is 4. The zero-order valence-electron chi connectivity index (χ0n) is 35.6. The minimum Gasteiger partial charge on any atom is -0.264 e. The van der Waals surface area contributed by atoms with Crippen LogP contribution in [0.1, 0.15) is 0 Å². The molecule has 4 heteroatoms. The number of rotatable bonds is 6. The molecule has 4 nitrogen and oxygen atoms in total. The standard InChI is InChI=1S/C62H36N4/c1-2-11-40-32-41(26-23-37(40)10-1)61-64-60(39-24-21-38(22-25-39)42-12-9-31-63-36-42)65-62(66-61)45-34-43(46-27-29-56-50-15-5-3-13-48(50)54-19-7-17-52(46)58(54)56)33-44(35-45)47-28-30-57-51-16-6-4-14-49(51)55-20-8-18-53(47)59(55)57/h1-36H. The average molecular weight is 837 g/mol. The molecular formula is C62H36N4. The lowest BCUT2D eigenvalue weighted by Crippen LogP contribution is -2.01. The summed E-state index contributed by atoms with van der Waals surface area (Å²) in [5.74, 6) is 1.84. The lowest BCUT2D eigenvalue weighted by molar-refractivity contribution is 1.07. The zero-order valence-corrected chi connectivity index (χ0v) is 35.6. The third-order valence-electron chi connectivity index (χ3n) is 13.7. The van der Waals surface area contributed by atoms with E-state index < -0.39 is 0 Å². The van der Waals surface area contributed by atoms with Crippen LogP contribution in [0.15, 0.2) is 219 Å². The van der Waals surface area contributed by atoms with Crippen LogP contribution in [0.2, 0.25) is 0 Å². The summed E-state index contributed by atoms with van der Waals surface area (Å²) >= 11 is 0. The Hall–Kier alpha value is -8.86. The lowest BCUT2D eigenvalue weighted by Gasteiger charge is -2.16. The van der Waals surface area contributed by atoms with Crippen molar-refractivity contribution < 1.29 is 0 Å². The van der Waals surface area contributed by atoms with E-state index in [2.05, 4.69) is 205 Å². The molecule has 0 amide bonds. The minimum atomic E-state index is 0.610. The Kier molecular flexibility index (Phi) is 7.95. The Morgan fingerprint density at radius 2 is 0.697 bits per heavy atom. The van der Waals surface area contributed by atoms with E-state index >= 15 is 0 Å². The van der Waals surface area contributed by atoms with E-state index in [1.165, 1.54) is 82.6 Å². The smallest absolute Gasteiger partial charge is 0.164 e. The zero-order chi connectivity index (χ0) is 43.3. The van der Waals surface area contributed by atoms with Crippen LogP contribution in [0.5, 0.6) is 0 Å². The molecule has 2 heterocycles. The average Bonchev–Trinajstić information content (AvgIpc) is 3.90. The maximum absolute atomic E-state index is 5.37. The summed E-state index contributed by atoms with van der Waals surface area (Å²) in [5, 5.41) is 7.33. The molecule has 2 aliphatic rings. The van der Waals surface area contributed by atoms with Gasteiger partial charge in [-0.25, -0.2) is 15.0 Å². The van der Waals surface area contributed by atoms with Crippen molar-refractivity contribution in [3.8, 4) is 112 Å². The van der Waals surface area contributed by atoms with Gasteiger partial charge >= 0.3 is 0 Å². The third kappa shape index (κ3) is 5.65. The van der Waals surface area contributed by atoms with Crippen molar-refractivity contribution in [2.75, 3.05) is 0 Å². The first-order valence-electron chi connectivity index (χ1n) is 22.4. The summed E-state index contributed by atoms with van der Waals surface area (Å²) < 4.78 is 0. The Labute approximate surface area is 381 Å². The molecule has 0 bridgehead atoms. The number of benzene rings is 10. The van der Waals surface area contributed by atoms with Crippen LogP contribution in [-0.4, -0.2) is 19.9 Å². The lowest BCUT2D eigenvalue weighted by atomic mass is 9.89. The van der Waals surface area contributed by atoms with Gasteiger partial charge in [0.2, 0.25) is 0 Å². The Morgan fingerprint density at radius 1 is 0.242 bits per heavy atom. The highest BCUT2D eigenvalue weighted by Crippen LogP contribution is 2.52. The van der Waals surface area contributed by atoms with Crippen LogP contribution in [-0.2, 0) is 0 Å². The molecule has 66 heavy (non-hydrogen) atoms. The predicted molar refractivity (Wildman–Crippen MR) is 272 cm³/mol. The molecule has 0 aliphatic heterocycles. The molecule has 2 aromatic heterocycles. The van der Waals surface area contributed by atoms with Crippen molar-refractivity contribution >= 4 is 32.3 Å². The summed E-state index contributed by atoms with van der Waals surface area (Å²) in [6.45, 7) is 0. The molecular weight excluding hydrogens is 801 g/mol. The van der Waals surface area contributed by atoms with Gasteiger partial charge in [0.25, 0.3) is 0 Å². The first-order chi connectivity index (χ1) is 32.7. The van der Waals surface area contributed by atoms with Crippen LogP contribution < -0.4 is 0 Å². The molecule has 0 spiro atoms. The van der Waals surface area contributed by atoms with Gasteiger partial charge in [0.15, 0.2) is 17.5 Å². The second-order valence-electron chi connectivity index (χ2n) is 17.4. The largest absolute Gasteiger partial charge is 0.264 e. The van der Waals surface area contributed by atoms with Gasteiger partial charge < -0.3 is 0 Å². The molecule has 10 aromatic carbocycles. The molecule has 0 atom stereocenters. The first kappa shape index (κ1) is 36.6. The highest BCUT2D eigenvalue weighted by molar-refractivity contribution is 6.20. The number of hydrogen-bond donors (Lipinski definition) is 0. The molecule has 0 N–H and O–H groups in total. The van der Waals surface area contributed by atoms with Gasteiger partial charge in [-0.2, -0.15) is 0 Å². The van der Waals surface area contributed by atoms with Crippen LogP contribution in [0, 0.1) is 0 Å². The molecule has 0 saturated heterocycles. The highest BCUT2D eigenvalue weighted by Gasteiger charge is 2.25. The Bertz CT molecular complexity index is 3770. The van der Waals surface area contributed by atoms with Crippen LogP contribution in [0.25, 0.3) is 144 Å². The SMILES string of the molecule is c1cncc(-c2ccc(-c3nc(-c4cc(-c5ccc6c7c(cccc57)-c5ccccc5-6)cc(-c5ccc6c7c(cccc57)-c5ccccc5-6)c4)nc(-c4ccc5ccccc5c4)n3)cc2)c1. The summed E-state index contributed by atoms with van der Waals surface area (Å²) in [6, 6.07) is 74.5. The van der Waals surface area contributed by atoms with E-state index in [-0.39, 0.29) is 0 Å². The number of pyridine rings is 1. The van der Waals surface area contributed by atoms with Crippen molar-refractivity contribution in [1.82, 2.24) is 19.9 Å². The molecule has 0 radical (unpaired) electrons. The van der Waals surface area contributed by atoms with Crippen LogP contribution in [0.3, 0.4) is 0 Å². The van der Waals surface area contributed by atoms with E-state index in [0.29, 0.717) is 17.5 Å². The van der Waals surface area contributed by atoms with E-state index in [0.717, 1.165) is 44.3 Å². The fourth-order valence-corrected chi connectivity index (χ4v) is 10.6. The number of aromatic nitrogens is 4. The Balaban J connectivity index is 1.01. The van der Waals surface area contributed by atoms with Crippen LogP contribution >= 0.6 is 0 Å². The van der Waals surface area contributed by atoms with Gasteiger partial charge in [-0.1, -0.05) is 176 Å². The highest BCUT2D eigenvalue weighted by atomic mass is 15.0. The molecule has 0 fully saturated rings. The normalized spacial score (nSPS) is 11.9. The van der Waals surface area contributed by atoms with Crippen molar-refractivity contribution in [2.45, 2.75) is 0 Å². The molecule has 12 aromatic rings.